The first kappa shape index (κ1) is 20.3. The molecule has 2 aromatic rings. The number of carbonyl (C=O) groups is 1. The van der Waals surface area contributed by atoms with Gasteiger partial charge in [-0.2, -0.15) is 0 Å². The molecule has 28 heavy (non-hydrogen) atoms. The normalized spacial score (nSPS) is 16.4. The lowest BCUT2D eigenvalue weighted by molar-refractivity contribution is -0.116. The van der Waals surface area contributed by atoms with Crippen LogP contribution in [0, 0.1) is 6.92 Å². The van der Waals surface area contributed by atoms with E-state index in [0.717, 1.165) is 0 Å². The number of nitrogens with zero attached hydrogens (tertiary/aromatic N) is 1. The number of amides is 1. The first-order chi connectivity index (χ1) is 13.2. The molecule has 0 saturated carbocycles. The van der Waals surface area contributed by atoms with Crippen LogP contribution in [0.2, 0.25) is 0 Å². The molecule has 1 N–H and O–H groups in total. The van der Waals surface area contributed by atoms with Crippen LogP contribution in [0.4, 0.5) is 5.69 Å². The quantitative estimate of drug-likeness (QED) is 0.753. The van der Waals surface area contributed by atoms with Crippen molar-refractivity contribution in [2.45, 2.75) is 24.8 Å². The zero-order chi connectivity index (χ0) is 20.5. The predicted octanol–water partition coefficient (Wildman–Crippen LogP) is 1.55. The van der Waals surface area contributed by atoms with Crippen molar-refractivity contribution in [1.29, 1.82) is 0 Å². The number of rotatable bonds is 6. The summed E-state index contributed by atoms with van der Waals surface area (Å²) in [6.07, 6.45) is -0.121. The highest BCUT2D eigenvalue weighted by atomic mass is 32.2. The van der Waals surface area contributed by atoms with Gasteiger partial charge in [0.05, 0.1) is 23.4 Å². The Labute approximate surface area is 164 Å². The highest BCUT2D eigenvalue weighted by molar-refractivity contribution is 7.94. The molecule has 0 aliphatic carbocycles. The summed E-state index contributed by atoms with van der Waals surface area (Å²) in [6.45, 7) is 1.60. The highest BCUT2D eigenvalue weighted by Crippen LogP contribution is 2.29. The molecule has 150 valence electrons. The predicted molar refractivity (Wildman–Crippen MR) is 104 cm³/mol. The van der Waals surface area contributed by atoms with Crippen molar-refractivity contribution in [3.05, 3.63) is 53.6 Å². The fourth-order valence-electron chi connectivity index (χ4n) is 2.97. The van der Waals surface area contributed by atoms with E-state index in [4.69, 9.17) is 4.74 Å². The molecule has 0 aromatic heterocycles. The van der Waals surface area contributed by atoms with Gasteiger partial charge in [0.2, 0.25) is 26.0 Å². The van der Waals surface area contributed by atoms with Crippen LogP contribution in [-0.2, 0) is 31.4 Å². The molecule has 0 unspecified atom stereocenters. The molecule has 3 rings (SSSR count). The standard InChI is InChI=1S/C18H20N2O6S2/c1-13-7-8-15(20-18(21)9-10-27(20,22)23)11-17(13)28(24,25)19-12-14-5-3-4-6-16(14)26-2/h3-8,11,19H,9-10,12H2,1-2H3. The molecule has 1 aliphatic heterocycles. The third kappa shape index (κ3) is 3.89. The van der Waals surface area contributed by atoms with Crippen molar-refractivity contribution >= 4 is 31.6 Å². The smallest absolute Gasteiger partial charge is 0.242 e. The van der Waals surface area contributed by atoms with E-state index in [9.17, 15) is 21.6 Å². The number of methoxy groups -OCH3 is 1. The fourth-order valence-corrected chi connectivity index (χ4v) is 5.69. The van der Waals surface area contributed by atoms with E-state index in [1.165, 1.54) is 25.3 Å². The van der Waals surface area contributed by atoms with Gasteiger partial charge in [0.15, 0.2) is 0 Å². The second-order valence-corrected chi connectivity index (χ2v) is 9.98. The van der Waals surface area contributed by atoms with Gasteiger partial charge in [-0.3, -0.25) is 4.79 Å². The Bertz CT molecular complexity index is 1130. The second-order valence-electron chi connectivity index (χ2n) is 6.31. The summed E-state index contributed by atoms with van der Waals surface area (Å²) in [6, 6.07) is 11.1. The zero-order valence-corrected chi connectivity index (χ0v) is 17.0. The largest absolute Gasteiger partial charge is 0.496 e. The number of nitrogens with one attached hydrogen (secondary N) is 1. The van der Waals surface area contributed by atoms with Crippen LogP contribution < -0.4 is 13.8 Å². The molecule has 8 nitrogen and oxygen atoms in total. The van der Waals surface area contributed by atoms with Gasteiger partial charge in [-0.1, -0.05) is 24.3 Å². The van der Waals surface area contributed by atoms with Crippen LogP contribution >= 0.6 is 0 Å². The summed E-state index contributed by atoms with van der Waals surface area (Å²) in [5, 5.41) is 0. The Morgan fingerprint density at radius 1 is 1.18 bits per heavy atom. The van der Waals surface area contributed by atoms with Crippen LogP contribution in [0.5, 0.6) is 5.75 Å². The van der Waals surface area contributed by atoms with E-state index in [1.54, 1.807) is 31.2 Å². The van der Waals surface area contributed by atoms with Crippen LogP contribution in [0.1, 0.15) is 17.5 Å². The molecule has 2 aromatic carbocycles. The second kappa shape index (κ2) is 7.53. The number of hydrogen-bond donors (Lipinski definition) is 1. The van der Waals surface area contributed by atoms with Crippen LogP contribution in [0.3, 0.4) is 0 Å². The molecule has 1 amide bonds. The topological polar surface area (TPSA) is 110 Å². The van der Waals surface area contributed by atoms with Crippen molar-refractivity contribution < 1.29 is 26.4 Å². The molecule has 10 heteroatoms. The molecule has 1 aliphatic rings. The Morgan fingerprint density at radius 2 is 1.89 bits per heavy atom. The van der Waals surface area contributed by atoms with Crippen molar-refractivity contribution in [3.8, 4) is 5.75 Å². The minimum Gasteiger partial charge on any atom is -0.496 e. The Kier molecular flexibility index (Phi) is 5.46. The molecule has 1 fully saturated rings. The Balaban J connectivity index is 1.93. The maximum absolute atomic E-state index is 12.8. The van der Waals surface area contributed by atoms with E-state index in [2.05, 4.69) is 4.72 Å². The van der Waals surface area contributed by atoms with Gasteiger partial charge in [-0.25, -0.2) is 25.9 Å². The number of hydrogen-bond acceptors (Lipinski definition) is 6. The molecule has 0 atom stereocenters. The first-order valence-electron chi connectivity index (χ1n) is 8.44. The lowest BCUT2D eigenvalue weighted by Crippen LogP contribution is -2.30. The first-order valence-corrected chi connectivity index (χ1v) is 11.5. The molecule has 0 radical (unpaired) electrons. The summed E-state index contributed by atoms with van der Waals surface area (Å²) in [4.78, 5) is 11.9. The Hall–Kier alpha value is -2.43. The molecule has 0 spiro atoms. The van der Waals surface area contributed by atoms with Crippen molar-refractivity contribution in [3.63, 3.8) is 0 Å². The molecule has 1 saturated heterocycles. The van der Waals surface area contributed by atoms with Gasteiger partial charge in [0.25, 0.3) is 0 Å². The third-order valence-electron chi connectivity index (χ3n) is 4.42. The van der Waals surface area contributed by atoms with E-state index in [0.29, 0.717) is 21.2 Å². The van der Waals surface area contributed by atoms with Crippen molar-refractivity contribution in [1.82, 2.24) is 4.72 Å². The summed E-state index contributed by atoms with van der Waals surface area (Å²) < 4.78 is 58.3. The summed E-state index contributed by atoms with van der Waals surface area (Å²) >= 11 is 0. The number of ether oxygens (including phenoxy) is 1. The van der Waals surface area contributed by atoms with Crippen LogP contribution in [-0.4, -0.2) is 35.6 Å². The summed E-state index contributed by atoms with van der Waals surface area (Å²) in [5.41, 5.74) is 1.10. The van der Waals surface area contributed by atoms with Gasteiger partial charge in [0.1, 0.15) is 5.75 Å². The third-order valence-corrected chi connectivity index (χ3v) is 7.65. The van der Waals surface area contributed by atoms with Gasteiger partial charge in [-0.15, -0.1) is 0 Å². The number of sulfonamides is 2. The van der Waals surface area contributed by atoms with Crippen molar-refractivity contribution in [2.75, 3.05) is 17.2 Å². The van der Waals surface area contributed by atoms with E-state index in [1.807, 2.05) is 0 Å². The average molecular weight is 425 g/mol. The van der Waals surface area contributed by atoms with E-state index < -0.39 is 26.0 Å². The maximum Gasteiger partial charge on any atom is 0.242 e. The van der Waals surface area contributed by atoms with Crippen LogP contribution in [0.15, 0.2) is 47.4 Å². The van der Waals surface area contributed by atoms with Crippen LogP contribution in [0.25, 0.3) is 0 Å². The number of aryl methyl sites for hydroxylation is 1. The minimum atomic E-state index is -3.96. The molecule has 0 bridgehead atoms. The highest BCUT2D eigenvalue weighted by Gasteiger charge is 2.37. The number of anilines is 1. The summed E-state index contributed by atoms with van der Waals surface area (Å²) in [7, 11) is -6.24. The fraction of sp³-hybridized carbons (Fsp3) is 0.278. The van der Waals surface area contributed by atoms with E-state index in [-0.39, 0.29) is 29.3 Å². The van der Waals surface area contributed by atoms with Gasteiger partial charge in [0, 0.05) is 18.5 Å². The number of carbonyl (C=O) groups excluding carboxylic acids is 1. The lowest BCUT2D eigenvalue weighted by Gasteiger charge is -2.17. The number of benzene rings is 2. The maximum atomic E-state index is 12.8. The minimum absolute atomic E-state index is 0.00302. The zero-order valence-electron chi connectivity index (χ0n) is 15.4. The van der Waals surface area contributed by atoms with Gasteiger partial charge in [-0.05, 0) is 30.7 Å². The Morgan fingerprint density at radius 3 is 2.54 bits per heavy atom. The van der Waals surface area contributed by atoms with Gasteiger partial charge >= 0.3 is 0 Å². The SMILES string of the molecule is COc1ccccc1CNS(=O)(=O)c1cc(N2C(=O)CCS2(=O)=O)ccc1C. The van der Waals surface area contributed by atoms with Crippen molar-refractivity contribution in [2.24, 2.45) is 0 Å². The number of para-hydroxylation sites is 1. The average Bonchev–Trinajstić information content (AvgIpc) is 2.93. The monoisotopic (exact) mass is 424 g/mol. The van der Waals surface area contributed by atoms with E-state index >= 15 is 0 Å². The lowest BCUT2D eigenvalue weighted by atomic mass is 10.2. The molecule has 1 heterocycles. The van der Waals surface area contributed by atoms with Gasteiger partial charge < -0.3 is 4.74 Å². The summed E-state index contributed by atoms with van der Waals surface area (Å²) in [5.74, 6) is -0.313. The molecular formula is C18H20N2O6S2. The molecular weight excluding hydrogens is 404 g/mol.